The van der Waals surface area contributed by atoms with E-state index < -0.39 is 0 Å². The first-order chi connectivity index (χ1) is 7.38. The fraction of sp³-hybridized carbons (Fsp3) is 1.00. The number of hydrogen-bond acceptors (Lipinski definition) is 3. The molecule has 1 saturated heterocycles. The Labute approximate surface area is 97.5 Å². The topological polar surface area (TPSA) is 21.3 Å². The van der Waals surface area contributed by atoms with Gasteiger partial charge in [0.05, 0.1) is 6.10 Å². The maximum absolute atomic E-state index is 5.39. The molecule has 2 nitrogen and oxygen atoms in total. The van der Waals surface area contributed by atoms with E-state index in [1.165, 1.54) is 50.8 Å². The van der Waals surface area contributed by atoms with Gasteiger partial charge in [-0.15, -0.1) is 0 Å². The van der Waals surface area contributed by atoms with Gasteiger partial charge in [-0.05, 0) is 44.3 Å². The molecule has 1 unspecified atom stereocenters. The van der Waals surface area contributed by atoms with Crippen molar-refractivity contribution in [1.29, 1.82) is 0 Å². The van der Waals surface area contributed by atoms with Crippen LogP contribution in [0.5, 0.6) is 0 Å². The molecule has 1 heterocycles. The van der Waals surface area contributed by atoms with E-state index in [-0.39, 0.29) is 0 Å². The van der Waals surface area contributed by atoms with Gasteiger partial charge in [-0.3, -0.25) is 0 Å². The Bertz CT molecular complexity index is 174. The third-order valence-corrected chi connectivity index (χ3v) is 5.06. The predicted octanol–water partition coefficient (Wildman–Crippen LogP) is 2.43. The molecule has 1 N–H and O–H groups in total. The quantitative estimate of drug-likeness (QED) is 0.800. The second-order valence-electron chi connectivity index (χ2n) is 4.75. The van der Waals surface area contributed by atoms with E-state index >= 15 is 0 Å². The van der Waals surface area contributed by atoms with Crippen LogP contribution < -0.4 is 5.32 Å². The van der Waals surface area contributed by atoms with E-state index in [1.54, 1.807) is 0 Å². The third kappa shape index (κ3) is 3.65. The standard InChI is InChI=1S/C12H23NOS/c1-14-11-6-4-10(5-7-11)13-9-12-3-2-8-15-12/h10-13H,2-9H2,1H3. The molecule has 0 radical (unpaired) electrons. The molecule has 0 bridgehead atoms. The number of nitrogens with one attached hydrogen (secondary N) is 1. The molecule has 3 heteroatoms. The van der Waals surface area contributed by atoms with E-state index in [1.807, 2.05) is 7.11 Å². The lowest BCUT2D eigenvalue weighted by molar-refractivity contribution is 0.0626. The van der Waals surface area contributed by atoms with Gasteiger partial charge in [0.2, 0.25) is 0 Å². The highest BCUT2D eigenvalue weighted by Crippen LogP contribution is 2.26. The maximum atomic E-state index is 5.39. The van der Waals surface area contributed by atoms with Gasteiger partial charge >= 0.3 is 0 Å². The fourth-order valence-corrected chi connectivity index (χ4v) is 3.82. The average molecular weight is 229 g/mol. The molecule has 1 saturated carbocycles. The normalized spacial score (nSPS) is 37.0. The molecule has 2 aliphatic rings. The summed E-state index contributed by atoms with van der Waals surface area (Å²) >= 11 is 2.15. The van der Waals surface area contributed by atoms with Gasteiger partial charge in [-0.25, -0.2) is 0 Å². The first kappa shape index (κ1) is 11.7. The van der Waals surface area contributed by atoms with Gasteiger partial charge in [0.15, 0.2) is 0 Å². The minimum absolute atomic E-state index is 0.531. The molecule has 15 heavy (non-hydrogen) atoms. The molecular weight excluding hydrogens is 206 g/mol. The van der Waals surface area contributed by atoms with Crippen molar-refractivity contribution < 1.29 is 4.74 Å². The summed E-state index contributed by atoms with van der Waals surface area (Å²) in [6.07, 6.45) is 8.46. The van der Waals surface area contributed by atoms with Gasteiger partial charge in [0.25, 0.3) is 0 Å². The largest absolute Gasteiger partial charge is 0.381 e. The number of thioether (sulfide) groups is 1. The lowest BCUT2D eigenvalue weighted by Crippen LogP contribution is -2.38. The van der Waals surface area contributed by atoms with Crippen molar-refractivity contribution in [2.75, 3.05) is 19.4 Å². The smallest absolute Gasteiger partial charge is 0.0572 e. The Hall–Kier alpha value is 0.270. The number of rotatable bonds is 4. The average Bonchev–Trinajstić information content (AvgIpc) is 2.80. The zero-order chi connectivity index (χ0) is 10.5. The minimum atomic E-state index is 0.531. The predicted molar refractivity (Wildman–Crippen MR) is 66.5 cm³/mol. The molecule has 1 aliphatic carbocycles. The fourth-order valence-electron chi connectivity index (χ4n) is 2.61. The summed E-state index contributed by atoms with van der Waals surface area (Å²) in [7, 11) is 1.84. The summed E-state index contributed by atoms with van der Waals surface area (Å²) in [4.78, 5) is 0. The van der Waals surface area contributed by atoms with Crippen LogP contribution in [0.25, 0.3) is 0 Å². The van der Waals surface area contributed by atoms with Crippen molar-refractivity contribution in [3.05, 3.63) is 0 Å². The highest BCUT2D eigenvalue weighted by Gasteiger charge is 2.22. The molecule has 88 valence electrons. The Balaban J connectivity index is 1.59. The molecule has 0 aromatic carbocycles. The third-order valence-electron chi connectivity index (χ3n) is 3.67. The number of ether oxygens (including phenoxy) is 1. The van der Waals surface area contributed by atoms with E-state index in [9.17, 15) is 0 Å². The maximum Gasteiger partial charge on any atom is 0.0572 e. The van der Waals surface area contributed by atoms with Crippen molar-refractivity contribution in [3.8, 4) is 0 Å². The molecule has 0 amide bonds. The zero-order valence-electron chi connectivity index (χ0n) is 9.71. The molecule has 0 aromatic heterocycles. The second-order valence-corrected chi connectivity index (χ2v) is 6.16. The van der Waals surface area contributed by atoms with Crippen LogP contribution in [-0.4, -0.2) is 36.8 Å². The van der Waals surface area contributed by atoms with Crippen LogP contribution in [0.3, 0.4) is 0 Å². The van der Waals surface area contributed by atoms with Crippen LogP contribution in [0.15, 0.2) is 0 Å². The van der Waals surface area contributed by atoms with E-state index in [4.69, 9.17) is 4.74 Å². The van der Waals surface area contributed by atoms with Crippen molar-refractivity contribution >= 4 is 11.8 Å². The molecular formula is C12H23NOS. The highest BCUT2D eigenvalue weighted by molar-refractivity contribution is 8.00. The molecule has 0 aromatic rings. The monoisotopic (exact) mass is 229 g/mol. The van der Waals surface area contributed by atoms with Crippen LogP contribution in [-0.2, 0) is 4.74 Å². The molecule has 1 aliphatic heterocycles. The summed E-state index contributed by atoms with van der Waals surface area (Å²) in [5.41, 5.74) is 0. The van der Waals surface area contributed by atoms with Crippen molar-refractivity contribution in [2.45, 2.75) is 55.9 Å². The van der Waals surface area contributed by atoms with Gasteiger partial charge < -0.3 is 10.1 Å². The lowest BCUT2D eigenvalue weighted by atomic mass is 9.93. The summed E-state index contributed by atoms with van der Waals surface area (Å²) in [5.74, 6) is 1.38. The SMILES string of the molecule is COC1CCC(NCC2CCCS2)CC1. The summed E-state index contributed by atoms with van der Waals surface area (Å²) < 4.78 is 5.39. The Morgan fingerprint density at radius 1 is 1.20 bits per heavy atom. The highest BCUT2D eigenvalue weighted by atomic mass is 32.2. The van der Waals surface area contributed by atoms with Crippen LogP contribution in [0, 0.1) is 0 Å². The zero-order valence-corrected chi connectivity index (χ0v) is 10.5. The second kappa shape index (κ2) is 6.12. The Kier molecular flexibility index (Phi) is 4.79. The molecule has 1 atom stereocenters. The number of hydrogen-bond donors (Lipinski definition) is 1. The lowest BCUT2D eigenvalue weighted by Gasteiger charge is -2.29. The summed E-state index contributed by atoms with van der Waals surface area (Å²) in [6, 6.07) is 0.762. The van der Waals surface area contributed by atoms with Gasteiger partial charge in [0.1, 0.15) is 0 Å². The van der Waals surface area contributed by atoms with Gasteiger partial charge in [-0.1, -0.05) is 0 Å². The van der Waals surface area contributed by atoms with Gasteiger partial charge in [0, 0.05) is 24.9 Å². The van der Waals surface area contributed by atoms with Crippen molar-refractivity contribution in [3.63, 3.8) is 0 Å². The van der Waals surface area contributed by atoms with Crippen molar-refractivity contribution in [2.24, 2.45) is 0 Å². The van der Waals surface area contributed by atoms with Crippen LogP contribution in [0.2, 0.25) is 0 Å². The minimum Gasteiger partial charge on any atom is -0.381 e. The first-order valence-electron chi connectivity index (χ1n) is 6.26. The van der Waals surface area contributed by atoms with E-state index in [2.05, 4.69) is 17.1 Å². The van der Waals surface area contributed by atoms with Crippen molar-refractivity contribution in [1.82, 2.24) is 5.32 Å². The summed E-state index contributed by atoms with van der Waals surface area (Å²) in [6.45, 7) is 1.23. The first-order valence-corrected chi connectivity index (χ1v) is 7.31. The Morgan fingerprint density at radius 2 is 2.00 bits per heavy atom. The number of methoxy groups -OCH3 is 1. The van der Waals surface area contributed by atoms with Crippen LogP contribution in [0.1, 0.15) is 38.5 Å². The van der Waals surface area contributed by atoms with E-state index in [0.717, 1.165) is 11.3 Å². The summed E-state index contributed by atoms with van der Waals surface area (Å²) in [5, 5.41) is 4.63. The molecule has 2 fully saturated rings. The molecule has 0 spiro atoms. The van der Waals surface area contributed by atoms with Gasteiger partial charge in [-0.2, -0.15) is 11.8 Å². The van der Waals surface area contributed by atoms with Crippen LogP contribution >= 0.6 is 11.8 Å². The molecule has 2 rings (SSSR count). The Morgan fingerprint density at radius 3 is 2.60 bits per heavy atom. The van der Waals surface area contributed by atoms with E-state index in [0.29, 0.717) is 6.10 Å². The van der Waals surface area contributed by atoms with Crippen LogP contribution in [0.4, 0.5) is 0 Å².